The number of rotatable bonds is 6. The lowest BCUT2D eigenvalue weighted by Gasteiger charge is -2.11. The van der Waals surface area contributed by atoms with E-state index in [2.05, 4.69) is 39.1 Å². The molecule has 0 saturated carbocycles. The van der Waals surface area contributed by atoms with Crippen LogP contribution in [0.4, 0.5) is 0 Å². The Morgan fingerprint density at radius 2 is 1.17 bits per heavy atom. The van der Waals surface area contributed by atoms with Gasteiger partial charge in [0.25, 0.3) is 0 Å². The monoisotopic (exact) mass is 318 g/mol. The van der Waals surface area contributed by atoms with Crippen molar-refractivity contribution < 1.29 is 8.83 Å². The van der Waals surface area contributed by atoms with Crippen LogP contribution in [0.25, 0.3) is 12.2 Å². The van der Waals surface area contributed by atoms with Gasteiger partial charge >= 0.3 is 0 Å². The molecule has 1 aromatic carbocycles. The first-order valence-electron chi connectivity index (χ1n) is 8.10. The van der Waals surface area contributed by atoms with Crippen LogP contribution in [0.1, 0.15) is 45.3 Å². The van der Waals surface area contributed by atoms with E-state index in [4.69, 9.17) is 8.83 Å². The van der Waals surface area contributed by atoms with Gasteiger partial charge in [-0.1, -0.05) is 25.3 Å². The fourth-order valence-corrected chi connectivity index (χ4v) is 2.89. The van der Waals surface area contributed by atoms with Crippen LogP contribution in [-0.2, 0) is 12.8 Å². The summed E-state index contributed by atoms with van der Waals surface area (Å²) in [5, 5.41) is 0. The van der Waals surface area contributed by atoms with Gasteiger partial charge in [-0.25, -0.2) is 0 Å². The Morgan fingerprint density at radius 3 is 1.50 bits per heavy atom. The van der Waals surface area contributed by atoms with Crippen LogP contribution in [0.5, 0.6) is 0 Å². The third-order valence-corrected chi connectivity index (χ3v) is 4.29. The standard InChI is InChI=1S/C22H22O2/c1-5-19-7-9-21(23-19)13-17-11-16(4)18(12-15(17)3)14-22-10-8-20(6-2)24-22/h5-12H,1-2,13-14H2,3-4H3. The molecule has 2 aromatic heterocycles. The van der Waals surface area contributed by atoms with Crippen molar-refractivity contribution in [3.63, 3.8) is 0 Å². The fraction of sp³-hybridized carbons (Fsp3) is 0.182. The van der Waals surface area contributed by atoms with Crippen molar-refractivity contribution in [1.29, 1.82) is 0 Å². The second kappa shape index (κ2) is 6.79. The van der Waals surface area contributed by atoms with Gasteiger partial charge in [0.1, 0.15) is 23.0 Å². The van der Waals surface area contributed by atoms with Crippen LogP contribution in [0.15, 0.2) is 58.4 Å². The summed E-state index contributed by atoms with van der Waals surface area (Å²) in [4.78, 5) is 0. The van der Waals surface area contributed by atoms with E-state index in [1.807, 2.05) is 24.3 Å². The highest BCUT2D eigenvalue weighted by Gasteiger charge is 2.10. The van der Waals surface area contributed by atoms with Gasteiger partial charge in [0, 0.05) is 12.8 Å². The molecule has 0 spiro atoms. The Hall–Kier alpha value is -2.74. The molecule has 0 amide bonds. The van der Waals surface area contributed by atoms with Crippen molar-refractivity contribution in [3.05, 3.63) is 94.9 Å². The van der Waals surface area contributed by atoms with Crippen LogP contribution in [0.3, 0.4) is 0 Å². The molecule has 0 aliphatic carbocycles. The Balaban J connectivity index is 1.82. The quantitative estimate of drug-likeness (QED) is 0.561. The van der Waals surface area contributed by atoms with Crippen molar-refractivity contribution in [3.8, 4) is 0 Å². The Kier molecular flexibility index (Phi) is 4.57. The first-order valence-corrected chi connectivity index (χ1v) is 8.10. The number of aryl methyl sites for hydroxylation is 2. The largest absolute Gasteiger partial charge is 0.461 e. The lowest BCUT2D eigenvalue weighted by molar-refractivity contribution is 0.510. The first-order chi connectivity index (χ1) is 11.6. The molecule has 0 aliphatic heterocycles. The van der Waals surface area contributed by atoms with E-state index in [1.165, 1.54) is 22.3 Å². The van der Waals surface area contributed by atoms with Crippen LogP contribution < -0.4 is 0 Å². The third kappa shape index (κ3) is 3.43. The maximum absolute atomic E-state index is 5.73. The highest BCUT2D eigenvalue weighted by Crippen LogP contribution is 2.23. The molecular formula is C22H22O2. The maximum atomic E-state index is 5.73. The molecule has 0 aliphatic rings. The summed E-state index contributed by atoms with van der Waals surface area (Å²) in [5.41, 5.74) is 5.10. The number of benzene rings is 1. The van der Waals surface area contributed by atoms with Gasteiger partial charge in [0.05, 0.1) is 0 Å². The molecule has 0 fully saturated rings. The highest BCUT2D eigenvalue weighted by atomic mass is 16.3. The summed E-state index contributed by atoms with van der Waals surface area (Å²) in [6, 6.07) is 12.4. The first kappa shape index (κ1) is 16.1. The average molecular weight is 318 g/mol. The molecule has 0 N–H and O–H groups in total. The maximum Gasteiger partial charge on any atom is 0.126 e. The van der Waals surface area contributed by atoms with Crippen molar-refractivity contribution in [2.45, 2.75) is 26.7 Å². The van der Waals surface area contributed by atoms with Crippen LogP contribution >= 0.6 is 0 Å². The molecule has 2 nitrogen and oxygen atoms in total. The van der Waals surface area contributed by atoms with Gasteiger partial charge in [-0.15, -0.1) is 0 Å². The summed E-state index contributed by atoms with van der Waals surface area (Å²) in [5.74, 6) is 3.54. The zero-order valence-corrected chi connectivity index (χ0v) is 14.3. The summed E-state index contributed by atoms with van der Waals surface area (Å²) in [6.07, 6.45) is 5.04. The second-order valence-electron chi connectivity index (χ2n) is 6.08. The van der Waals surface area contributed by atoms with E-state index in [0.717, 1.165) is 35.9 Å². The Labute approximate surface area is 143 Å². The molecule has 0 bridgehead atoms. The smallest absolute Gasteiger partial charge is 0.126 e. The van der Waals surface area contributed by atoms with Gasteiger partial charge in [-0.3, -0.25) is 0 Å². The summed E-state index contributed by atoms with van der Waals surface area (Å²) in [7, 11) is 0. The van der Waals surface area contributed by atoms with Gasteiger partial charge in [-0.05, 0) is 72.5 Å². The molecule has 122 valence electrons. The van der Waals surface area contributed by atoms with E-state index in [9.17, 15) is 0 Å². The molecule has 0 saturated heterocycles. The molecule has 3 rings (SSSR count). The minimum absolute atomic E-state index is 0.794. The molecule has 3 aromatic rings. The number of furan rings is 2. The highest BCUT2D eigenvalue weighted by molar-refractivity contribution is 5.44. The molecule has 0 radical (unpaired) electrons. The van der Waals surface area contributed by atoms with Crippen LogP contribution in [0.2, 0.25) is 0 Å². The molecule has 0 atom stereocenters. The minimum atomic E-state index is 0.794. The molecule has 24 heavy (non-hydrogen) atoms. The van der Waals surface area contributed by atoms with Crippen molar-refractivity contribution in [2.24, 2.45) is 0 Å². The minimum Gasteiger partial charge on any atom is -0.461 e. The van der Waals surface area contributed by atoms with E-state index in [-0.39, 0.29) is 0 Å². The third-order valence-electron chi connectivity index (χ3n) is 4.29. The van der Waals surface area contributed by atoms with Crippen LogP contribution in [0, 0.1) is 13.8 Å². The van der Waals surface area contributed by atoms with E-state index < -0.39 is 0 Å². The number of hydrogen-bond donors (Lipinski definition) is 0. The Bertz CT molecular complexity index is 803. The van der Waals surface area contributed by atoms with Gasteiger partial charge in [0.15, 0.2) is 0 Å². The van der Waals surface area contributed by atoms with E-state index >= 15 is 0 Å². The summed E-state index contributed by atoms with van der Waals surface area (Å²) in [6.45, 7) is 11.8. The normalized spacial score (nSPS) is 10.8. The van der Waals surface area contributed by atoms with Crippen LogP contribution in [-0.4, -0.2) is 0 Å². The molecule has 2 heterocycles. The van der Waals surface area contributed by atoms with Crippen molar-refractivity contribution in [1.82, 2.24) is 0 Å². The molecule has 0 unspecified atom stereocenters. The zero-order chi connectivity index (χ0) is 17.1. The van der Waals surface area contributed by atoms with Crippen molar-refractivity contribution >= 4 is 12.2 Å². The lowest BCUT2D eigenvalue weighted by atomic mass is 9.95. The van der Waals surface area contributed by atoms with Gasteiger partial charge in [0.2, 0.25) is 0 Å². The lowest BCUT2D eigenvalue weighted by Crippen LogP contribution is -1.97. The predicted octanol–water partition coefficient (Wildman–Crippen LogP) is 5.96. The SMILES string of the molecule is C=Cc1ccc(Cc2cc(C)c(Cc3ccc(C=C)o3)cc2C)o1. The van der Waals surface area contributed by atoms with Gasteiger partial charge < -0.3 is 8.83 Å². The fourth-order valence-electron chi connectivity index (χ4n) is 2.89. The van der Waals surface area contributed by atoms with E-state index in [1.54, 1.807) is 12.2 Å². The summed E-state index contributed by atoms with van der Waals surface area (Å²) < 4.78 is 11.5. The number of hydrogen-bond acceptors (Lipinski definition) is 2. The summed E-state index contributed by atoms with van der Waals surface area (Å²) >= 11 is 0. The van der Waals surface area contributed by atoms with E-state index in [0.29, 0.717) is 0 Å². The topological polar surface area (TPSA) is 26.3 Å². The predicted molar refractivity (Wildman–Crippen MR) is 99.1 cm³/mol. The molecular weight excluding hydrogens is 296 g/mol. The molecule has 2 heteroatoms. The Morgan fingerprint density at radius 1 is 0.750 bits per heavy atom. The second-order valence-corrected chi connectivity index (χ2v) is 6.08. The van der Waals surface area contributed by atoms with Gasteiger partial charge in [-0.2, -0.15) is 0 Å². The average Bonchev–Trinajstić information content (AvgIpc) is 3.21. The zero-order valence-electron chi connectivity index (χ0n) is 14.3. The van der Waals surface area contributed by atoms with Crippen molar-refractivity contribution in [2.75, 3.05) is 0 Å².